The molecule has 3 aromatic carbocycles. The third-order valence-corrected chi connectivity index (χ3v) is 4.58. The summed E-state index contributed by atoms with van der Waals surface area (Å²) in [6.45, 7) is 0.0350. The van der Waals surface area contributed by atoms with Crippen LogP contribution in [0.4, 0.5) is 10.5 Å². The third kappa shape index (κ3) is 6.07. The number of ether oxygens (including phenoxy) is 1. The van der Waals surface area contributed by atoms with Gasteiger partial charge in [0.1, 0.15) is 12.6 Å². The third-order valence-electron chi connectivity index (χ3n) is 4.34. The van der Waals surface area contributed by atoms with Gasteiger partial charge in [-0.05, 0) is 29.3 Å². The molecule has 0 bridgehead atoms. The number of carboxylic acid groups (broad SMARTS) is 1. The number of rotatable bonds is 7. The zero-order valence-corrected chi connectivity index (χ0v) is 17.0. The van der Waals surface area contributed by atoms with Crippen LogP contribution < -0.4 is 10.6 Å². The molecule has 7 nitrogen and oxygen atoms in total. The van der Waals surface area contributed by atoms with E-state index in [1.54, 1.807) is 42.5 Å². The van der Waals surface area contributed by atoms with Crippen molar-refractivity contribution in [3.05, 3.63) is 101 Å². The average molecular weight is 439 g/mol. The summed E-state index contributed by atoms with van der Waals surface area (Å²) < 4.78 is 5.22. The molecule has 158 valence electrons. The topological polar surface area (TPSA) is 105 Å². The number of carbonyl (C=O) groups excluding carboxylic acids is 2. The minimum absolute atomic E-state index is 0.0189. The Labute approximate surface area is 183 Å². The van der Waals surface area contributed by atoms with Crippen LogP contribution >= 0.6 is 11.6 Å². The van der Waals surface area contributed by atoms with Crippen molar-refractivity contribution in [2.24, 2.45) is 0 Å². The first-order chi connectivity index (χ1) is 14.9. The molecule has 2 amide bonds. The Morgan fingerprint density at radius 2 is 1.58 bits per heavy atom. The van der Waals surface area contributed by atoms with Crippen LogP contribution in [-0.2, 0) is 16.1 Å². The van der Waals surface area contributed by atoms with E-state index in [1.165, 1.54) is 18.2 Å². The average Bonchev–Trinajstić information content (AvgIpc) is 2.77. The van der Waals surface area contributed by atoms with Crippen molar-refractivity contribution in [2.45, 2.75) is 12.6 Å². The normalized spacial score (nSPS) is 11.3. The van der Waals surface area contributed by atoms with Gasteiger partial charge in [-0.2, -0.15) is 0 Å². The summed E-state index contributed by atoms with van der Waals surface area (Å²) in [5, 5.41) is 14.7. The number of hydrogen-bond acceptors (Lipinski definition) is 4. The highest BCUT2D eigenvalue weighted by molar-refractivity contribution is 6.31. The molecule has 0 saturated carbocycles. The van der Waals surface area contributed by atoms with E-state index >= 15 is 0 Å². The summed E-state index contributed by atoms with van der Waals surface area (Å²) in [5.74, 6) is -1.87. The Hall–Kier alpha value is -3.84. The van der Waals surface area contributed by atoms with Gasteiger partial charge >= 0.3 is 12.1 Å². The van der Waals surface area contributed by atoms with E-state index < -0.39 is 24.0 Å². The lowest BCUT2D eigenvalue weighted by Crippen LogP contribution is -2.37. The summed E-state index contributed by atoms with van der Waals surface area (Å²) in [4.78, 5) is 36.8. The van der Waals surface area contributed by atoms with Crippen molar-refractivity contribution >= 4 is 35.3 Å². The molecular formula is C23H19ClN2O5. The monoisotopic (exact) mass is 438 g/mol. The van der Waals surface area contributed by atoms with Crippen molar-refractivity contribution in [1.82, 2.24) is 5.32 Å². The number of carboxylic acids is 1. The number of hydrogen-bond donors (Lipinski definition) is 3. The van der Waals surface area contributed by atoms with Crippen LogP contribution in [0.3, 0.4) is 0 Å². The summed E-state index contributed by atoms with van der Waals surface area (Å²) in [6.07, 6.45) is -0.794. The molecule has 0 saturated heterocycles. The second-order valence-electron chi connectivity index (χ2n) is 6.53. The van der Waals surface area contributed by atoms with Crippen LogP contribution in [0, 0.1) is 0 Å². The van der Waals surface area contributed by atoms with Crippen LogP contribution in [0.1, 0.15) is 27.5 Å². The molecule has 1 unspecified atom stereocenters. The first-order valence-corrected chi connectivity index (χ1v) is 9.67. The van der Waals surface area contributed by atoms with Crippen LogP contribution in [0.15, 0.2) is 78.9 Å². The Morgan fingerprint density at radius 3 is 2.23 bits per heavy atom. The molecule has 0 spiro atoms. The molecule has 3 aromatic rings. The number of alkyl carbamates (subject to hydrolysis) is 1. The summed E-state index contributed by atoms with van der Waals surface area (Å²) >= 11 is 5.95. The molecule has 0 aliphatic carbocycles. The highest BCUT2D eigenvalue weighted by Gasteiger charge is 2.25. The van der Waals surface area contributed by atoms with E-state index in [1.807, 2.05) is 18.2 Å². The predicted molar refractivity (Wildman–Crippen MR) is 116 cm³/mol. The van der Waals surface area contributed by atoms with Gasteiger partial charge in [0.05, 0.1) is 11.3 Å². The highest BCUT2D eigenvalue weighted by atomic mass is 35.5. The maximum Gasteiger partial charge on any atom is 0.408 e. The molecule has 8 heteroatoms. The number of nitrogens with one attached hydrogen (secondary N) is 2. The predicted octanol–water partition coefficient (Wildman–Crippen LogP) is 4.64. The van der Waals surface area contributed by atoms with Gasteiger partial charge in [0.2, 0.25) is 0 Å². The number of aromatic carboxylic acids is 1. The van der Waals surface area contributed by atoms with Crippen LogP contribution in [0.25, 0.3) is 0 Å². The van der Waals surface area contributed by atoms with Gasteiger partial charge in [-0.15, -0.1) is 0 Å². The number of carbonyl (C=O) groups is 3. The zero-order chi connectivity index (χ0) is 22.2. The van der Waals surface area contributed by atoms with Gasteiger partial charge in [-0.1, -0.05) is 72.3 Å². The molecule has 1 atom stereocenters. The molecule has 0 aliphatic rings. The van der Waals surface area contributed by atoms with E-state index in [9.17, 15) is 19.5 Å². The van der Waals surface area contributed by atoms with Gasteiger partial charge < -0.3 is 20.5 Å². The molecule has 0 heterocycles. The van der Waals surface area contributed by atoms with Gasteiger partial charge in [0, 0.05) is 5.02 Å². The standard InChI is InChI=1S/C23H19ClN2O5/c24-17-11-12-18(22(28)29)19(13-17)25-21(27)20(16-9-5-2-6-10-16)26-23(30)31-14-15-7-3-1-4-8-15/h1-13,20H,14H2,(H,25,27)(H,26,30)(H,28,29). The maximum atomic E-state index is 13.0. The fourth-order valence-corrected chi connectivity index (χ4v) is 3.01. The van der Waals surface area contributed by atoms with E-state index in [-0.39, 0.29) is 22.9 Å². The Kier molecular flexibility index (Phi) is 7.24. The lowest BCUT2D eigenvalue weighted by molar-refractivity contribution is -0.118. The molecule has 3 rings (SSSR count). The van der Waals surface area contributed by atoms with E-state index in [4.69, 9.17) is 16.3 Å². The number of anilines is 1. The van der Waals surface area contributed by atoms with Gasteiger partial charge in [-0.25, -0.2) is 9.59 Å². The fourth-order valence-electron chi connectivity index (χ4n) is 2.84. The van der Waals surface area contributed by atoms with Crippen LogP contribution in [0.2, 0.25) is 5.02 Å². The second kappa shape index (κ2) is 10.3. The number of benzene rings is 3. The SMILES string of the molecule is O=C(NC(C(=O)Nc1cc(Cl)ccc1C(=O)O)c1ccccc1)OCc1ccccc1. The van der Waals surface area contributed by atoms with Crippen molar-refractivity contribution in [1.29, 1.82) is 0 Å². The molecule has 0 aromatic heterocycles. The number of amides is 2. The molecule has 3 N–H and O–H groups in total. The molecular weight excluding hydrogens is 420 g/mol. The Balaban J connectivity index is 1.78. The quantitative estimate of drug-likeness (QED) is 0.498. The van der Waals surface area contributed by atoms with Crippen molar-refractivity contribution in [2.75, 3.05) is 5.32 Å². The van der Waals surface area contributed by atoms with E-state index in [0.29, 0.717) is 5.56 Å². The molecule has 0 fully saturated rings. The van der Waals surface area contributed by atoms with Crippen LogP contribution in [0.5, 0.6) is 0 Å². The summed E-state index contributed by atoms with van der Waals surface area (Å²) in [5.41, 5.74) is 1.18. The fraction of sp³-hybridized carbons (Fsp3) is 0.0870. The lowest BCUT2D eigenvalue weighted by atomic mass is 10.1. The van der Waals surface area contributed by atoms with Crippen molar-refractivity contribution in [3.8, 4) is 0 Å². The first kappa shape index (κ1) is 21.9. The Morgan fingerprint density at radius 1 is 0.935 bits per heavy atom. The molecule has 0 aliphatic heterocycles. The van der Waals surface area contributed by atoms with Gasteiger partial charge in [-0.3, -0.25) is 4.79 Å². The van der Waals surface area contributed by atoms with Crippen LogP contribution in [-0.4, -0.2) is 23.1 Å². The lowest BCUT2D eigenvalue weighted by Gasteiger charge is -2.19. The van der Waals surface area contributed by atoms with E-state index in [0.717, 1.165) is 5.56 Å². The van der Waals surface area contributed by atoms with E-state index in [2.05, 4.69) is 10.6 Å². The second-order valence-corrected chi connectivity index (χ2v) is 6.97. The largest absolute Gasteiger partial charge is 0.478 e. The highest BCUT2D eigenvalue weighted by Crippen LogP contribution is 2.23. The van der Waals surface area contributed by atoms with Crippen molar-refractivity contribution in [3.63, 3.8) is 0 Å². The van der Waals surface area contributed by atoms with Crippen molar-refractivity contribution < 1.29 is 24.2 Å². The smallest absolute Gasteiger partial charge is 0.408 e. The first-order valence-electron chi connectivity index (χ1n) is 9.30. The van der Waals surface area contributed by atoms with Gasteiger partial charge in [0.15, 0.2) is 0 Å². The zero-order valence-electron chi connectivity index (χ0n) is 16.2. The molecule has 31 heavy (non-hydrogen) atoms. The number of halogens is 1. The summed E-state index contributed by atoms with van der Waals surface area (Å²) in [7, 11) is 0. The minimum atomic E-state index is -1.22. The summed E-state index contributed by atoms with van der Waals surface area (Å²) in [6, 6.07) is 20.6. The maximum absolute atomic E-state index is 13.0. The Bertz CT molecular complexity index is 1070. The minimum Gasteiger partial charge on any atom is -0.478 e. The van der Waals surface area contributed by atoms with Gasteiger partial charge in [0.25, 0.3) is 5.91 Å². The molecule has 0 radical (unpaired) electrons.